The number of nitrogens with zero attached hydrogens (tertiary/aromatic N) is 3. The zero-order valence-corrected chi connectivity index (χ0v) is 10.5. The molecule has 2 aromatic rings. The van der Waals surface area contributed by atoms with Gasteiger partial charge in [0.05, 0.1) is 6.04 Å². The quantitative estimate of drug-likeness (QED) is 0.856. The van der Waals surface area contributed by atoms with Gasteiger partial charge in [-0.3, -0.25) is 0 Å². The molecule has 84 valence electrons. The van der Waals surface area contributed by atoms with Crippen LogP contribution in [-0.2, 0) is 0 Å². The first kappa shape index (κ1) is 11.3. The average Bonchev–Trinajstić information content (AvgIpc) is 2.65. The highest BCUT2D eigenvalue weighted by Gasteiger charge is 2.09. The monoisotopic (exact) mass is 254 g/mol. The molecule has 0 aromatic carbocycles. The number of rotatable bonds is 3. The van der Waals surface area contributed by atoms with Crippen molar-refractivity contribution in [3.63, 3.8) is 0 Å². The van der Waals surface area contributed by atoms with E-state index < -0.39 is 0 Å². The zero-order chi connectivity index (χ0) is 11.5. The summed E-state index contributed by atoms with van der Waals surface area (Å²) in [5.74, 6) is 0.709. The van der Waals surface area contributed by atoms with Gasteiger partial charge in [-0.15, -0.1) is 11.3 Å². The number of anilines is 1. The predicted molar refractivity (Wildman–Crippen MR) is 65.9 cm³/mol. The largest absolute Gasteiger partial charge is 0.361 e. The number of thiazole rings is 1. The fraction of sp³-hybridized carbons (Fsp3) is 0.300. The molecule has 6 heteroatoms. The molecule has 2 heterocycles. The first-order valence-corrected chi connectivity index (χ1v) is 6.08. The standard InChI is InChI=1S/C10H11ClN4S/c1-6-5-16-9(13-6)7(2)14-8-3-4-12-10(11)15-8/h3-5,7H,1-2H3,(H,12,14,15). The number of aromatic nitrogens is 3. The summed E-state index contributed by atoms with van der Waals surface area (Å²) in [5.41, 5.74) is 1.04. The van der Waals surface area contributed by atoms with Crippen molar-refractivity contribution in [2.75, 3.05) is 5.32 Å². The Balaban J connectivity index is 2.10. The van der Waals surface area contributed by atoms with Gasteiger partial charge in [0.1, 0.15) is 10.8 Å². The predicted octanol–water partition coefficient (Wildman–Crippen LogP) is 3.07. The van der Waals surface area contributed by atoms with Crippen molar-refractivity contribution in [3.05, 3.63) is 33.6 Å². The number of aryl methyl sites for hydroxylation is 1. The van der Waals surface area contributed by atoms with Gasteiger partial charge in [0.25, 0.3) is 0 Å². The number of hydrogen-bond acceptors (Lipinski definition) is 5. The summed E-state index contributed by atoms with van der Waals surface area (Å²) >= 11 is 7.33. The Kier molecular flexibility index (Phi) is 3.36. The molecule has 0 saturated heterocycles. The van der Waals surface area contributed by atoms with E-state index in [9.17, 15) is 0 Å². The normalized spacial score (nSPS) is 12.4. The second-order valence-electron chi connectivity index (χ2n) is 3.40. The van der Waals surface area contributed by atoms with Gasteiger partial charge >= 0.3 is 0 Å². The molecule has 0 radical (unpaired) electrons. The summed E-state index contributed by atoms with van der Waals surface area (Å²) < 4.78 is 0. The fourth-order valence-electron chi connectivity index (χ4n) is 1.27. The third kappa shape index (κ3) is 2.68. The van der Waals surface area contributed by atoms with E-state index in [2.05, 4.69) is 20.3 Å². The number of hydrogen-bond donors (Lipinski definition) is 1. The van der Waals surface area contributed by atoms with Crippen molar-refractivity contribution in [1.82, 2.24) is 15.0 Å². The SMILES string of the molecule is Cc1csc(C(C)Nc2ccnc(Cl)n2)n1. The van der Waals surface area contributed by atoms with E-state index in [1.54, 1.807) is 23.6 Å². The summed E-state index contributed by atoms with van der Waals surface area (Å²) in [6.45, 7) is 4.02. The van der Waals surface area contributed by atoms with Gasteiger partial charge in [0.15, 0.2) is 0 Å². The lowest BCUT2D eigenvalue weighted by Gasteiger charge is -2.11. The molecule has 0 amide bonds. The fourth-order valence-corrected chi connectivity index (χ4v) is 2.22. The average molecular weight is 255 g/mol. The minimum absolute atomic E-state index is 0.115. The van der Waals surface area contributed by atoms with E-state index in [1.165, 1.54) is 0 Å². The lowest BCUT2D eigenvalue weighted by Crippen LogP contribution is -2.07. The molecule has 0 fully saturated rings. The molecule has 0 aliphatic rings. The van der Waals surface area contributed by atoms with Crippen molar-refractivity contribution in [2.45, 2.75) is 19.9 Å². The molecular weight excluding hydrogens is 244 g/mol. The Morgan fingerprint density at radius 1 is 1.44 bits per heavy atom. The number of halogens is 1. The third-order valence-corrected chi connectivity index (χ3v) is 3.33. The van der Waals surface area contributed by atoms with Gasteiger partial charge in [0.2, 0.25) is 5.28 Å². The van der Waals surface area contributed by atoms with E-state index in [1.807, 2.05) is 19.2 Å². The van der Waals surface area contributed by atoms with Crippen LogP contribution in [-0.4, -0.2) is 15.0 Å². The van der Waals surface area contributed by atoms with Crippen molar-refractivity contribution in [1.29, 1.82) is 0 Å². The first-order valence-electron chi connectivity index (χ1n) is 4.82. The lowest BCUT2D eigenvalue weighted by molar-refractivity contribution is 0.853. The molecular formula is C10H11ClN4S. The van der Waals surface area contributed by atoms with Crippen LogP contribution in [0.1, 0.15) is 23.7 Å². The first-order chi connectivity index (χ1) is 7.65. The van der Waals surface area contributed by atoms with Gasteiger partial charge in [-0.1, -0.05) is 0 Å². The highest BCUT2D eigenvalue weighted by atomic mass is 35.5. The Morgan fingerprint density at radius 3 is 2.88 bits per heavy atom. The molecule has 0 aliphatic heterocycles. The highest BCUT2D eigenvalue weighted by molar-refractivity contribution is 7.09. The van der Waals surface area contributed by atoms with Crippen molar-refractivity contribution in [2.24, 2.45) is 0 Å². The number of nitrogens with one attached hydrogen (secondary N) is 1. The molecule has 1 atom stereocenters. The Hall–Kier alpha value is -1.20. The van der Waals surface area contributed by atoms with Gasteiger partial charge in [-0.25, -0.2) is 15.0 Å². The van der Waals surface area contributed by atoms with Crippen LogP contribution in [0.4, 0.5) is 5.82 Å². The minimum Gasteiger partial charge on any atom is -0.361 e. The molecule has 1 N–H and O–H groups in total. The second-order valence-corrected chi connectivity index (χ2v) is 4.63. The van der Waals surface area contributed by atoms with E-state index in [-0.39, 0.29) is 11.3 Å². The Labute approximate surface area is 103 Å². The van der Waals surface area contributed by atoms with Gasteiger partial charge < -0.3 is 5.32 Å². The summed E-state index contributed by atoms with van der Waals surface area (Å²) in [4.78, 5) is 12.3. The Morgan fingerprint density at radius 2 is 2.25 bits per heavy atom. The van der Waals surface area contributed by atoms with Crippen LogP contribution >= 0.6 is 22.9 Å². The van der Waals surface area contributed by atoms with Gasteiger partial charge in [-0.2, -0.15) is 0 Å². The molecule has 4 nitrogen and oxygen atoms in total. The maximum atomic E-state index is 5.70. The molecule has 0 bridgehead atoms. The Bertz CT molecular complexity index is 485. The highest BCUT2D eigenvalue weighted by Crippen LogP contribution is 2.21. The van der Waals surface area contributed by atoms with Crippen molar-refractivity contribution < 1.29 is 0 Å². The van der Waals surface area contributed by atoms with E-state index in [0.29, 0.717) is 5.82 Å². The van der Waals surface area contributed by atoms with Gasteiger partial charge in [-0.05, 0) is 31.5 Å². The second kappa shape index (κ2) is 4.76. The zero-order valence-electron chi connectivity index (χ0n) is 8.94. The van der Waals surface area contributed by atoms with E-state index >= 15 is 0 Å². The molecule has 0 aliphatic carbocycles. The van der Waals surface area contributed by atoms with Gasteiger partial charge in [0, 0.05) is 17.3 Å². The minimum atomic E-state index is 0.115. The summed E-state index contributed by atoms with van der Waals surface area (Å²) in [6, 6.07) is 1.90. The molecule has 0 saturated carbocycles. The van der Waals surface area contributed by atoms with Crippen LogP contribution in [0.15, 0.2) is 17.6 Å². The third-order valence-electron chi connectivity index (χ3n) is 2.00. The summed E-state index contributed by atoms with van der Waals surface area (Å²) in [7, 11) is 0. The smallest absolute Gasteiger partial charge is 0.224 e. The molecule has 2 rings (SSSR count). The molecule has 1 unspecified atom stereocenters. The van der Waals surface area contributed by atoms with E-state index in [4.69, 9.17) is 11.6 Å². The van der Waals surface area contributed by atoms with Crippen LogP contribution in [0.5, 0.6) is 0 Å². The van der Waals surface area contributed by atoms with Crippen molar-refractivity contribution >= 4 is 28.8 Å². The summed E-state index contributed by atoms with van der Waals surface area (Å²) in [6.07, 6.45) is 1.62. The summed E-state index contributed by atoms with van der Waals surface area (Å²) in [5, 5.41) is 6.53. The molecule has 2 aromatic heterocycles. The molecule has 16 heavy (non-hydrogen) atoms. The maximum Gasteiger partial charge on any atom is 0.224 e. The van der Waals surface area contributed by atoms with Crippen LogP contribution in [0.3, 0.4) is 0 Å². The van der Waals surface area contributed by atoms with Crippen LogP contribution in [0, 0.1) is 6.92 Å². The molecule has 0 spiro atoms. The maximum absolute atomic E-state index is 5.70. The van der Waals surface area contributed by atoms with Crippen molar-refractivity contribution in [3.8, 4) is 0 Å². The van der Waals surface area contributed by atoms with Crippen LogP contribution in [0.2, 0.25) is 5.28 Å². The van der Waals surface area contributed by atoms with Crippen LogP contribution in [0.25, 0.3) is 0 Å². The van der Waals surface area contributed by atoms with Crippen LogP contribution < -0.4 is 5.32 Å². The lowest BCUT2D eigenvalue weighted by atomic mass is 10.3. The topological polar surface area (TPSA) is 50.7 Å². The van der Waals surface area contributed by atoms with E-state index in [0.717, 1.165) is 10.7 Å².